The molecule has 0 bridgehead atoms. The van der Waals surface area contributed by atoms with Crippen molar-refractivity contribution >= 4 is 5.95 Å². The fourth-order valence-electron chi connectivity index (χ4n) is 1.87. The lowest BCUT2D eigenvalue weighted by Gasteiger charge is -2.26. The van der Waals surface area contributed by atoms with Gasteiger partial charge in [0.05, 0.1) is 6.61 Å². The molecule has 0 unspecified atom stereocenters. The summed E-state index contributed by atoms with van der Waals surface area (Å²) in [6.07, 6.45) is 5.02. The van der Waals surface area contributed by atoms with Gasteiger partial charge in [0.15, 0.2) is 0 Å². The van der Waals surface area contributed by atoms with Crippen LogP contribution in [-0.2, 0) is 6.61 Å². The molecule has 1 aliphatic heterocycles. The maximum atomic E-state index is 9.06. The molecular weight excluding hydrogens is 202 g/mol. The monoisotopic (exact) mass is 219 g/mol. The number of aliphatic hydroxyl groups excluding tert-OH is 1. The van der Waals surface area contributed by atoms with Gasteiger partial charge in [0.1, 0.15) is 0 Å². The third-order valence-electron chi connectivity index (χ3n) is 2.85. The van der Waals surface area contributed by atoms with Crippen molar-refractivity contribution in [2.45, 2.75) is 26.9 Å². The molecule has 1 aromatic rings. The predicted molar refractivity (Wildman–Crippen MR) is 63.3 cm³/mol. The number of hydrogen-bond donors (Lipinski definition) is 1. The van der Waals surface area contributed by atoms with Crippen LogP contribution in [0, 0.1) is 6.92 Å². The molecule has 16 heavy (non-hydrogen) atoms. The fraction of sp³-hybridized carbons (Fsp3) is 0.500. The van der Waals surface area contributed by atoms with Gasteiger partial charge in [-0.3, -0.25) is 0 Å². The second-order valence-corrected chi connectivity index (χ2v) is 4.20. The summed E-state index contributed by atoms with van der Waals surface area (Å²) < 4.78 is 0. The number of aliphatic hydroxyl groups is 1. The molecule has 0 saturated heterocycles. The molecule has 1 aliphatic rings. The largest absolute Gasteiger partial charge is 0.392 e. The molecule has 4 nitrogen and oxygen atoms in total. The van der Waals surface area contributed by atoms with Crippen molar-refractivity contribution in [1.29, 1.82) is 0 Å². The predicted octanol–water partition coefficient (Wildman–Crippen LogP) is 1.43. The van der Waals surface area contributed by atoms with Gasteiger partial charge in [0.25, 0.3) is 0 Å². The molecule has 2 heterocycles. The summed E-state index contributed by atoms with van der Waals surface area (Å²) in [6, 6.07) is 0. The van der Waals surface area contributed by atoms with Gasteiger partial charge in [0, 0.05) is 30.5 Å². The van der Waals surface area contributed by atoms with E-state index < -0.39 is 0 Å². The number of rotatable bonds is 2. The van der Waals surface area contributed by atoms with Gasteiger partial charge < -0.3 is 10.0 Å². The summed E-state index contributed by atoms with van der Waals surface area (Å²) >= 11 is 0. The summed E-state index contributed by atoms with van der Waals surface area (Å²) in [5, 5.41) is 9.06. The highest BCUT2D eigenvalue weighted by Gasteiger charge is 2.14. The first-order valence-corrected chi connectivity index (χ1v) is 5.54. The number of aromatic nitrogens is 2. The van der Waals surface area contributed by atoms with Crippen molar-refractivity contribution in [1.82, 2.24) is 9.97 Å². The number of anilines is 1. The van der Waals surface area contributed by atoms with Gasteiger partial charge in [-0.2, -0.15) is 0 Å². The van der Waals surface area contributed by atoms with E-state index in [9.17, 15) is 0 Å². The lowest BCUT2D eigenvalue weighted by atomic mass is 10.1. The number of aryl methyl sites for hydroxylation is 1. The summed E-state index contributed by atoms with van der Waals surface area (Å²) in [7, 11) is 0. The van der Waals surface area contributed by atoms with Crippen molar-refractivity contribution in [3.05, 3.63) is 29.1 Å². The Morgan fingerprint density at radius 2 is 2.25 bits per heavy atom. The maximum absolute atomic E-state index is 9.06. The smallest absolute Gasteiger partial charge is 0.225 e. The molecule has 0 fully saturated rings. The molecule has 1 N–H and O–H groups in total. The van der Waals surface area contributed by atoms with Crippen LogP contribution in [0.4, 0.5) is 5.95 Å². The zero-order chi connectivity index (χ0) is 11.5. The lowest BCUT2D eigenvalue weighted by Crippen LogP contribution is -2.31. The Morgan fingerprint density at radius 3 is 2.88 bits per heavy atom. The highest BCUT2D eigenvalue weighted by molar-refractivity contribution is 5.36. The second-order valence-electron chi connectivity index (χ2n) is 4.20. The van der Waals surface area contributed by atoms with Crippen LogP contribution in [-0.4, -0.2) is 28.2 Å². The topological polar surface area (TPSA) is 49.2 Å². The molecule has 0 aromatic carbocycles. The summed E-state index contributed by atoms with van der Waals surface area (Å²) in [5.74, 6) is 0.766. The van der Waals surface area contributed by atoms with Crippen molar-refractivity contribution in [3.8, 4) is 0 Å². The highest BCUT2D eigenvalue weighted by Crippen LogP contribution is 2.16. The molecule has 0 spiro atoms. The van der Waals surface area contributed by atoms with Crippen LogP contribution in [0.5, 0.6) is 0 Å². The van der Waals surface area contributed by atoms with E-state index in [1.54, 1.807) is 6.20 Å². The normalized spacial score (nSPS) is 16.2. The average Bonchev–Trinajstić information content (AvgIpc) is 2.29. The van der Waals surface area contributed by atoms with Crippen LogP contribution in [0.3, 0.4) is 0 Å². The second kappa shape index (κ2) is 4.61. The minimum absolute atomic E-state index is 0.00500. The fourth-order valence-corrected chi connectivity index (χ4v) is 1.87. The average molecular weight is 219 g/mol. The molecule has 4 heteroatoms. The van der Waals surface area contributed by atoms with Gasteiger partial charge in [-0.25, -0.2) is 9.97 Å². The Balaban J connectivity index is 2.21. The summed E-state index contributed by atoms with van der Waals surface area (Å²) in [5.41, 5.74) is 3.02. The van der Waals surface area contributed by atoms with Crippen molar-refractivity contribution in [2.75, 3.05) is 18.0 Å². The van der Waals surface area contributed by atoms with E-state index >= 15 is 0 Å². The standard InChI is InChI=1S/C12H17N3O/c1-9-4-3-5-15(7-9)12-13-6-11(8-16)10(2)14-12/h4,6,16H,3,5,7-8H2,1-2H3. The lowest BCUT2D eigenvalue weighted by molar-refractivity contribution is 0.280. The van der Waals surface area contributed by atoms with E-state index in [0.29, 0.717) is 0 Å². The van der Waals surface area contributed by atoms with E-state index in [0.717, 1.165) is 36.7 Å². The third kappa shape index (κ3) is 2.22. The van der Waals surface area contributed by atoms with Crippen molar-refractivity contribution in [3.63, 3.8) is 0 Å². The zero-order valence-electron chi connectivity index (χ0n) is 9.77. The van der Waals surface area contributed by atoms with E-state index in [1.165, 1.54) is 5.57 Å². The van der Waals surface area contributed by atoms with Gasteiger partial charge in [-0.1, -0.05) is 11.6 Å². The van der Waals surface area contributed by atoms with E-state index in [-0.39, 0.29) is 6.61 Å². The van der Waals surface area contributed by atoms with Crippen molar-refractivity contribution in [2.24, 2.45) is 0 Å². The molecule has 0 amide bonds. The van der Waals surface area contributed by atoms with Gasteiger partial charge >= 0.3 is 0 Å². The van der Waals surface area contributed by atoms with E-state index in [2.05, 4.69) is 27.9 Å². The number of hydrogen-bond acceptors (Lipinski definition) is 4. The minimum atomic E-state index is 0.00500. The Morgan fingerprint density at radius 1 is 1.44 bits per heavy atom. The Kier molecular flexibility index (Phi) is 3.19. The van der Waals surface area contributed by atoms with Gasteiger partial charge in [-0.05, 0) is 20.3 Å². The number of nitrogens with zero attached hydrogens (tertiary/aromatic N) is 3. The van der Waals surface area contributed by atoms with E-state index in [4.69, 9.17) is 5.11 Å². The molecule has 0 atom stereocenters. The third-order valence-corrected chi connectivity index (χ3v) is 2.85. The molecule has 86 valence electrons. The Labute approximate surface area is 95.6 Å². The zero-order valence-corrected chi connectivity index (χ0v) is 9.77. The molecular formula is C12H17N3O. The maximum Gasteiger partial charge on any atom is 0.225 e. The van der Waals surface area contributed by atoms with E-state index in [1.807, 2.05) is 6.92 Å². The molecule has 0 aliphatic carbocycles. The Hall–Kier alpha value is -1.42. The van der Waals surface area contributed by atoms with Crippen LogP contribution in [0.1, 0.15) is 24.6 Å². The Bertz CT molecular complexity index is 415. The molecule has 0 saturated carbocycles. The van der Waals surface area contributed by atoms with Crippen LogP contribution in [0.2, 0.25) is 0 Å². The van der Waals surface area contributed by atoms with Crippen LogP contribution >= 0.6 is 0 Å². The molecule has 1 aromatic heterocycles. The first-order chi connectivity index (χ1) is 7.70. The first-order valence-electron chi connectivity index (χ1n) is 5.54. The van der Waals surface area contributed by atoms with Crippen LogP contribution in [0.25, 0.3) is 0 Å². The molecule has 0 radical (unpaired) electrons. The quantitative estimate of drug-likeness (QED) is 0.764. The minimum Gasteiger partial charge on any atom is -0.392 e. The van der Waals surface area contributed by atoms with Gasteiger partial charge in [-0.15, -0.1) is 0 Å². The van der Waals surface area contributed by atoms with Crippen LogP contribution < -0.4 is 4.90 Å². The summed E-state index contributed by atoms with van der Waals surface area (Å²) in [6.45, 7) is 5.91. The SMILES string of the molecule is CC1=CCCN(c2ncc(CO)c(C)n2)C1. The molecule has 2 rings (SSSR count). The highest BCUT2D eigenvalue weighted by atomic mass is 16.3. The summed E-state index contributed by atoms with van der Waals surface area (Å²) in [4.78, 5) is 10.9. The van der Waals surface area contributed by atoms with Gasteiger partial charge in [0.2, 0.25) is 5.95 Å². The first kappa shape index (κ1) is 11.1. The van der Waals surface area contributed by atoms with Crippen molar-refractivity contribution < 1.29 is 5.11 Å². The van der Waals surface area contributed by atoms with Crippen LogP contribution in [0.15, 0.2) is 17.8 Å².